The van der Waals surface area contributed by atoms with Crippen LogP contribution in [-0.2, 0) is 5.72 Å². The molecule has 1 aliphatic rings. The monoisotopic (exact) mass is 308 g/mol. The number of nitrogens with zero attached hydrogens (tertiary/aromatic N) is 2. The lowest BCUT2D eigenvalue weighted by Gasteiger charge is -2.32. The number of rotatable bonds is 2. The molecule has 4 nitrogen and oxygen atoms in total. The van der Waals surface area contributed by atoms with Gasteiger partial charge in [-0.15, -0.1) is 11.3 Å². The van der Waals surface area contributed by atoms with E-state index in [4.69, 9.17) is 0 Å². The van der Waals surface area contributed by atoms with Gasteiger partial charge in [0.2, 0.25) is 5.72 Å². The molecule has 1 atom stereocenters. The van der Waals surface area contributed by atoms with E-state index in [1.165, 1.54) is 16.2 Å². The van der Waals surface area contributed by atoms with Crippen LogP contribution < -0.4 is 4.90 Å². The summed E-state index contributed by atoms with van der Waals surface area (Å²) in [5, 5.41) is 13.8. The first-order chi connectivity index (χ1) is 10.7. The molecule has 0 bridgehead atoms. The Hall–Kier alpha value is -2.50. The molecular weight excluding hydrogens is 296 g/mol. The van der Waals surface area contributed by atoms with Crippen LogP contribution in [0, 0.1) is 0 Å². The normalized spacial score (nSPS) is 20.2. The first kappa shape index (κ1) is 13.2. The number of aliphatic hydroxyl groups is 1. The summed E-state index contributed by atoms with van der Waals surface area (Å²) in [7, 11) is 0. The van der Waals surface area contributed by atoms with E-state index in [1.807, 2.05) is 36.4 Å². The van der Waals surface area contributed by atoms with Crippen LogP contribution in [0.25, 0.3) is 0 Å². The van der Waals surface area contributed by atoms with Gasteiger partial charge in [0.1, 0.15) is 0 Å². The minimum absolute atomic E-state index is 0.239. The van der Waals surface area contributed by atoms with Crippen molar-refractivity contribution in [1.82, 2.24) is 4.98 Å². The summed E-state index contributed by atoms with van der Waals surface area (Å²) < 4.78 is 0. The Morgan fingerprint density at radius 3 is 2.50 bits per heavy atom. The van der Waals surface area contributed by atoms with Gasteiger partial charge in [0, 0.05) is 28.3 Å². The van der Waals surface area contributed by atoms with E-state index in [1.54, 1.807) is 29.8 Å². The maximum absolute atomic E-state index is 12.8. The molecule has 1 amide bonds. The summed E-state index contributed by atoms with van der Waals surface area (Å²) in [5.74, 6) is -0.239. The van der Waals surface area contributed by atoms with Gasteiger partial charge in [0.25, 0.3) is 5.91 Å². The molecule has 22 heavy (non-hydrogen) atoms. The number of fused-ring (bicyclic) bond motifs is 1. The van der Waals surface area contributed by atoms with Crippen molar-refractivity contribution in [3.05, 3.63) is 82.9 Å². The van der Waals surface area contributed by atoms with Gasteiger partial charge in [-0.05, 0) is 6.07 Å². The van der Waals surface area contributed by atoms with Crippen molar-refractivity contribution in [2.45, 2.75) is 5.72 Å². The predicted octanol–water partition coefficient (Wildman–Crippen LogP) is 3.00. The van der Waals surface area contributed by atoms with E-state index in [0.717, 1.165) is 0 Å². The fourth-order valence-corrected chi connectivity index (χ4v) is 3.55. The molecule has 1 unspecified atom stereocenters. The average molecular weight is 308 g/mol. The Morgan fingerprint density at radius 1 is 1.05 bits per heavy atom. The van der Waals surface area contributed by atoms with E-state index < -0.39 is 5.72 Å². The summed E-state index contributed by atoms with van der Waals surface area (Å²) >= 11 is 1.33. The molecular formula is C17H12N2O2S. The standard InChI is InChI=1S/C17H12N2O2S/c20-15-13-8-4-5-9-14(13)17(21,12-6-2-1-3-7-12)19(15)16-18-10-11-22-16/h1-11,21H. The first-order valence-electron chi connectivity index (χ1n) is 6.84. The summed E-state index contributed by atoms with van der Waals surface area (Å²) in [6.45, 7) is 0. The fraction of sp³-hybridized carbons (Fsp3) is 0.0588. The second-order valence-corrected chi connectivity index (χ2v) is 5.91. The Morgan fingerprint density at radius 2 is 1.77 bits per heavy atom. The zero-order valence-corrected chi connectivity index (χ0v) is 12.3. The van der Waals surface area contributed by atoms with Crippen LogP contribution in [0.15, 0.2) is 66.2 Å². The largest absolute Gasteiger partial charge is 0.363 e. The molecule has 5 heteroatoms. The fourth-order valence-electron chi connectivity index (χ4n) is 2.87. The topological polar surface area (TPSA) is 53.4 Å². The number of amides is 1. The summed E-state index contributed by atoms with van der Waals surface area (Å²) in [6, 6.07) is 16.3. The number of benzene rings is 2. The van der Waals surface area contributed by atoms with Gasteiger partial charge in [0.15, 0.2) is 5.13 Å². The van der Waals surface area contributed by atoms with E-state index >= 15 is 0 Å². The molecule has 2 heterocycles. The molecule has 1 aliphatic heterocycles. The Bertz CT molecular complexity index is 833. The van der Waals surface area contributed by atoms with Crippen molar-refractivity contribution >= 4 is 22.4 Å². The quantitative estimate of drug-likeness (QED) is 0.792. The molecule has 0 fully saturated rings. The summed E-state index contributed by atoms with van der Waals surface area (Å²) in [5.41, 5.74) is 0.196. The van der Waals surface area contributed by atoms with Gasteiger partial charge >= 0.3 is 0 Å². The van der Waals surface area contributed by atoms with E-state index in [-0.39, 0.29) is 5.91 Å². The number of aromatic nitrogens is 1. The van der Waals surface area contributed by atoms with Crippen molar-refractivity contribution < 1.29 is 9.90 Å². The molecule has 2 aromatic carbocycles. The van der Waals surface area contributed by atoms with Crippen molar-refractivity contribution in [3.63, 3.8) is 0 Å². The minimum Gasteiger partial charge on any atom is -0.363 e. The number of anilines is 1. The molecule has 0 aliphatic carbocycles. The molecule has 0 saturated heterocycles. The Balaban J connectivity index is 2.01. The number of thiazole rings is 1. The van der Waals surface area contributed by atoms with Gasteiger partial charge in [0.05, 0.1) is 0 Å². The first-order valence-corrected chi connectivity index (χ1v) is 7.72. The third-order valence-electron chi connectivity index (χ3n) is 3.85. The molecule has 0 saturated carbocycles. The van der Waals surface area contributed by atoms with Crippen molar-refractivity contribution in [2.75, 3.05) is 4.90 Å². The SMILES string of the molecule is O=C1c2ccccc2C(O)(c2ccccc2)N1c1nccs1. The third kappa shape index (κ3) is 1.66. The number of hydrogen-bond acceptors (Lipinski definition) is 4. The lowest BCUT2D eigenvalue weighted by Crippen LogP contribution is -2.45. The van der Waals surface area contributed by atoms with Crippen LogP contribution in [0.5, 0.6) is 0 Å². The van der Waals surface area contributed by atoms with Gasteiger partial charge in [-0.25, -0.2) is 9.88 Å². The van der Waals surface area contributed by atoms with E-state index in [2.05, 4.69) is 4.98 Å². The second-order valence-electron chi connectivity index (χ2n) is 5.04. The Kier molecular flexibility index (Phi) is 2.85. The highest BCUT2D eigenvalue weighted by atomic mass is 32.1. The van der Waals surface area contributed by atoms with Crippen LogP contribution in [0.1, 0.15) is 21.5 Å². The Labute approximate surface area is 131 Å². The van der Waals surface area contributed by atoms with Crippen LogP contribution in [0.3, 0.4) is 0 Å². The van der Waals surface area contributed by atoms with Gasteiger partial charge < -0.3 is 5.11 Å². The van der Waals surface area contributed by atoms with Crippen LogP contribution >= 0.6 is 11.3 Å². The lowest BCUT2D eigenvalue weighted by molar-refractivity contribution is 0.0703. The third-order valence-corrected chi connectivity index (χ3v) is 4.60. The molecule has 1 N–H and O–H groups in total. The highest BCUT2D eigenvalue weighted by molar-refractivity contribution is 7.13. The van der Waals surface area contributed by atoms with Crippen LogP contribution in [-0.4, -0.2) is 16.0 Å². The zero-order chi connectivity index (χ0) is 15.2. The average Bonchev–Trinajstić information content (AvgIpc) is 3.16. The van der Waals surface area contributed by atoms with Gasteiger partial charge in [-0.3, -0.25) is 4.79 Å². The molecule has 0 spiro atoms. The number of carbonyl (C=O) groups is 1. The predicted molar refractivity (Wildman–Crippen MR) is 84.8 cm³/mol. The summed E-state index contributed by atoms with van der Waals surface area (Å²) in [4.78, 5) is 18.4. The highest BCUT2D eigenvalue weighted by Crippen LogP contribution is 2.45. The zero-order valence-electron chi connectivity index (χ0n) is 11.5. The van der Waals surface area contributed by atoms with Crippen LogP contribution in [0.4, 0.5) is 5.13 Å². The second kappa shape index (κ2) is 4.76. The number of hydrogen-bond donors (Lipinski definition) is 1. The van der Waals surface area contributed by atoms with Crippen molar-refractivity contribution in [1.29, 1.82) is 0 Å². The van der Waals surface area contributed by atoms with Crippen molar-refractivity contribution in [2.24, 2.45) is 0 Å². The molecule has 0 radical (unpaired) electrons. The molecule has 3 aromatic rings. The molecule has 4 rings (SSSR count). The summed E-state index contributed by atoms with van der Waals surface area (Å²) in [6.07, 6.45) is 1.63. The maximum atomic E-state index is 12.8. The minimum atomic E-state index is -1.53. The lowest BCUT2D eigenvalue weighted by atomic mass is 9.94. The van der Waals surface area contributed by atoms with E-state index in [9.17, 15) is 9.90 Å². The number of carbonyl (C=O) groups excluding carboxylic acids is 1. The van der Waals surface area contributed by atoms with Gasteiger partial charge in [-0.1, -0.05) is 48.5 Å². The highest BCUT2D eigenvalue weighted by Gasteiger charge is 2.51. The maximum Gasteiger partial charge on any atom is 0.263 e. The molecule has 108 valence electrons. The van der Waals surface area contributed by atoms with E-state index in [0.29, 0.717) is 21.8 Å². The van der Waals surface area contributed by atoms with Crippen molar-refractivity contribution in [3.8, 4) is 0 Å². The smallest absolute Gasteiger partial charge is 0.263 e. The molecule has 1 aromatic heterocycles. The van der Waals surface area contributed by atoms with Gasteiger partial charge in [-0.2, -0.15) is 0 Å². The van der Waals surface area contributed by atoms with Crippen LogP contribution in [0.2, 0.25) is 0 Å².